The van der Waals surface area contributed by atoms with Crippen molar-refractivity contribution in [3.05, 3.63) is 35.4 Å². The van der Waals surface area contributed by atoms with Gasteiger partial charge in [-0.2, -0.15) is 0 Å². The Labute approximate surface area is 86.9 Å². The molecule has 4 N–H and O–H groups in total. The van der Waals surface area contributed by atoms with E-state index in [1.807, 2.05) is 0 Å². The number of amides is 1. The summed E-state index contributed by atoms with van der Waals surface area (Å²) in [6, 6.07) is 6.75. The maximum atomic E-state index is 10.8. The summed E-state index contributed by atoms with van der Waals surface area (Å²) in [6.45, 7) is 0.286. The lowest BCUT2D eigenvalue weighted by atomic mass is 10.1. The van der Waals surface area contributed by atoms with Crippen LogP contribution >= 0.6 is 0 Å². The van der Waals surface area contributed by atoms with E-state index in [0.29, 0.717) is 12.1 Å². The van der Waals surface area contributed by atoms with Crippen LogP contribution in [0.4, 0.5) is 0 Å². The Morgan fingerprint density at radius 1 is 1.40 bits per heavy atom. The maximum absolute atomic E-state index is 10.8. The fourth-order valence-corrected chi connectivity index (χ4v) is 1.15. The van der Waals surface area contributed by atoms with Crippen LogP contribution in [0, 0.1) is 0 Å². The Balaban J connectivity index is 2.58. The average molecular weight is 208 g/mol. The van der Waals surface area contributed by atoms with Gasteiger partial charge in [0.15, 0.2) is 0 Å². The third-order valence-corrected chi connectivity index (χ3v) is 1.82. The second kappa shape index (κ2) is 5.11. The molecule has 0 aliphatic carbocycles. The minimum absolute atomic E-state index is 0.110. The van der Waals surface area contributed by atoms with E-state index in [1.54, 1.807) is 24.3 Å². The van der Waals surface area contributed by atoms with E-state index in [-0.39, 0.29) is 6.54 Å². The van der Waals surface area contributed by atoms with Gasteiger partial charge >= 0.3 is 5.97 Å². The van der Waals surface area contributed by atoms with E-state index in [9.17, 15) is 9.59 Å². The molecule has 80 valence electrons. The molecule has 1 amide bonds. The number of carboxylic acid groups (broad SMARTS) is 1. The SMILES string of the molecule is NC(=O)c1cccc(CNCC(=O)O)c1. The van der Waals surface area contributed by atoms with Crippen LogP contribution in [0.5, 0.6) is 0 Å². The number of primary amides is 1. The minimum Gasteiger partial charge on any atom is -0.480 e. The standard InChI is InChI=1S/C10H12N2O3/c11-10(15)8-3-1-2-7(4-8)5-12-6-9(13)14/h1-4,12H,5-6H2,(H2,11,15)(H,13,14). The fraction of sp³-hybridized carbons (Fsp3) is 0.200. The first-order chi connectivity index (χ1) is 7.09. The van der Waals surface area contributed by atoms with Crippen molar-refractivity contribution >= 4 is 11.9 Å². The zero-order chi connectivity index (χ0) is 11.3. The van der Waals surface area contributed by atoms with Gasteiger partial charge in [-0.15, -0.1) is 0 Å². The molecule has 0 unspecified atom stereocenters. The van der Waals surface area contributed by atoms with Gasteiger partial charge in [0.1, 0.15) is 0 Å². The molecule has 5 heteroatoms. The third-order valence-electron chi connectivity index (χ3n) is 1.82. The van der Waals surface area contributed by atoms with Crippen molar-refractivity contribution < 1.29 is 14.7 Å². The van der Waals surface area contributed by atoms with Crippen molar-refractivity contribution in [3.63, 3.8) is 0 Å². The molecule has 0 aromatic heterocycles. The molecular formula is C10H12N2O3. The number of carboxylic acids is 1. The Morgan fingerprint density at radius 3 is 2.73 bits per heavy atom. The maximum Gasteiger partial charge on any atom is 0.317 e. The van der Waals surface area contributed by atoms with E-state index in [1.165, 1.54) is 0 Å². The first-order valence-electron chi connectivity index (χ1n) is 4.41. The van der Waals surface area contributed by atoms with Gasteiger partial charge in [0.25, 0.3) is 0 Å². The normalized spacial score (nSPS) is 9.87. The predicted molar refractivity (Wildman–Crippen MR) is 54.3 cm³/mol. The van der Waals surface area contributed by atoms with Crippen molar-refractivity contribution in [3.8, 4) is 0 Å². The number of carbonyl (C=O) groups is 2. The summed E-state index contributed by atoms with van der Waals surface area (Å²) in [4.78, 5) is 21.1. The lowest BCUT2D eigenvalue weighted by Crippen LogP contribution is -2.22. The number of carbonyl (C=O) groups excluding carboxylic acids is 1. The summed E-state index contributed by atoms with van der Waals surface area (Å²) < 4.78 is 0. The van der Waals surface area contributed by atoms with E-state index in [4.69, 9.17) is 10.8 Å². The molecular weight excluding hydrogens is 196 g/mol. The number of nitrogens with one attached hydrogen (secondary N) is 1. The van der Waals surface area contributed by atoms with Gasteiger partial charge in [-0.05, 0) is 17.7 Å². The highest BCUT2D eigenvalue weighted by Crippen LogP contribution is 2.03. The third kappa shape index (κ3) is 3.78. The number of benzene rings is 1. The molecule has 0 fully saturated rings. The van der Waals surface area contributed by atoms with E-state index in [2.05, 4.69) is 5.32 Å². The molecule has 15 heavy (non-hydrogen) atoms. The summed E-state index contributed by atoms with van der Waals surface area (Å²) in [5, 5.41) is 11.1. The van der Waals surface area contributed by atoms with Crippen LogP contribution in [0.1, 0.15) is 15.9 Å². The molecule has 1 aromatic carbocycles. The molecule has 0 aliphatic heterocycles. The largest absolute Gasteiger partial charge is 0.480 e. The quantitative estimate of drug-likeness (QED) is 0.633. The topological polar surface area (TPSA) is 92.4 Å². The lowest BCUT2D eigenvalue weighted by Gasteiger charge is -2.03. The molecule has 0 saturated carbocycles. The van der Waals surface area contributed by atoms with Crippen molar-refractivity contribution in [2.45, 2.75) is 6.54 Å². The van der Waals surface area contributed by atoms with E-state index >= 15 is 0 Å². The van der Waals surface area contributed by atoms with Crippen LogP contribution in [-0.2, 0) is 11.3 Å². The average Bonchev–Trinajstić information content (AvgIpc) is 2.17. The molecule has 0 radical (unpaired) electrons. The van der Waals surface area contributed by atoms with Crippen LogP contribution in [0.3, 0.4) is 0 Å². The van der Waals surface area contributed by atoms with Gasteiger partial charge in [-0.3, -0.25) is 9.59 Å². The first-order valence-corrected chi connectivity index (χ1v) is 4.41. The van der Waals surface area contributed by atoms with Gasteiger partial charge in [0, 0.05) is 12.1 Å². The minimum atomic E-state index is -0.916. The van der Waals surface area contributed by atoms with E-state index in [0.717, 1.165) is 5.56 Å². The van der Waals surface area contributed by atoms with Gasteiger partial charge in [0.05, 0.1) is 6.54 Å². The van der Waals surface area contributed by atoms with Crippen molar-refractivity contribution in [2.75, 3.05) is 6.54 Å². The van der Waals surface area contributed by atoms with Gasteiger partial charge in [-0.1, -0.05) is 12.1 Å². The molecule has 0 heterocycles. The number of hydrogen-bond acceptors (Lipinski definition) is 3. The second-order valence-corrected chi connectivity index (χ2v) is 3.06. The Morgan fingerprint density at radius 2 is 2.13 bits per heavy atom. The molecule has 1 rings (SSSR count). The summed E-state index contributed by atoms with van der Waals surface area (Å²) in [5.41, 5.74) is 6.35. The Kier molecular flexibility index (Phi) is 3.82. The summed E-state index contributed by atoms with van der Waals surface area (Å²) in [6.07, 6.45) is 0. The van der Waals surface area contributed by atoms with Crippen molar-refractivity contribution in [1.29, 1.82) is 0 Å². The van der Waals surface area contributed by atoms with Crippen LogP contribution in [0.15, 0.2) is 24.3 Å². The Bertz CT molecular complexity index is 377. The highest BCUT2D eigenvalue weighted by atomic mass is 16.4. The number of hydrogen-bond donors (Lipinski definition) is 3. The zero-order valence-corrected chi connectivity index (χ0v) is 8.06. The Hall–Kier alpha value is -1.88. The van der Waals surface area contributed by atoms with Gasteiger partial charge < -0.3 is 16.2 Å². The van der Waals surface area contributed by atoms with Crippen LogP contribution < -0.4 is 11.1 Å². The number of rotatable bonds is 5. The van der Waals surface area contributed by atoms with E-state index < -0.39 is 11.9 Å². The van der Waals surface area contributed by atoms with Gasteiger partial charge in [0.2, 0.25) is 5.91 Å². The smallest absolute Gasteiger partial charge is 0.317 e. The molecule has 0 bridgehead atoms. The number of nitrogens with two attached hydrogens (primary N) is 1. The van der Waals surface area contributed by atoms with Crippen LogP contribution in [0.2, 0.25) is 0 Å². The molecule has 1 aromatic rings. The lowest BCUT2D eigenvalue weighted by molar-refractivity contribution is -0.135. The molecule has 0 atom stereocenters. The molecule has 0 aliphatic rings. The van der Waals surface area contributed by atoms with Crippen LogP contribution in [0.25, 0.3) is 0 Å². The second-order valence-electron chi connectivity index (χ2n) is 3.06. The number of aliphatic carboxylic acids is 1. The van der Waals surface area contributed by atoms with Crippen LogP contribution in [-0.4, -0.2) is 23.5 Å². The zero-order valence-electron chi connectivity index (χ0n) is 8.06. The van der Waals surface area contributed by atoms with Crippen molar-refractivity contribution in [2.24, 2.45) is 5.73 Å². The summed E-state index contributed by atoms with van der Waals surface area (Å²) in [5.74, 6) is -1.41. The fourth-order valence-electron chi connectivity index (χ4n) is 1.15. The summed E-state index contributed by atoms with van der Waals surface area (Å²) in [7, 11) is 0. The van der Waals surface area contributed by atoms with Crippen molar-refractivity contribution in [1.82, 2.24) is 5.32 Å². The van der Waals surface area contributed by atoms with Gasteiger partial charge in [-0.25, -0.2) is 0 Å². The predicted octanol–water partition coefficient (Wildman–Crippen LogP) is -0.0403. The first kappa shape index (κ1) is 11.2. The highest BCUT2D eigenvalue weighted by Gasteiger charge is 2.01. The molecule has 0 spiro atoms. The highest BCUT2D eigenvalue weighted by molar-refractivity contribution is 5.92. The summed E-state index contributed by atoms with van der Waals surface area (Å²) >= 11 is 0. The molecule has 5 nitrogen and oxygen atoms in total. The molecule has 0 saturated heterocycles. The monoisotopic (exact) mass is 208 g/mol.